The molecule has 0 rings (SSSR count). The Kier molecular flexibility index (Phi) is 7.49. The van der Waals surface area contributed by atoms with E-state index < -0.39 is 18.0 Å². The summed E-state index contributed by atoms with van der Waals surface area (Å²) < 4.78 is 4.35. The summed E-state index contributed by atoms with van der Waals surface area (Å²) >= 11 is 0. The molecule has 98 valence electrons. The van der Waals surface area contributed by atoms with Gasteiger partial charge in [0.25, 0.3) is 0 Å². The highest BCUT2D eigenvalue weighted by atomic mass is 16.5. The normalized spacial score (nSPS) is 11.4. The summed E-state index contributed by atoms with van der Waals surface area (Å²) in [6.07, 6.45) is 1.14. The van der Waals surface area contributed by atoms with E-state index in [9.17, 15) is 14.4 Å². The Hall–Kier alpha value is -1.79. The molecule has 0 fully saturated rings. The topological polar surface area (TPSA) is 105 Å². The van der Waals surface area contributed by atoms with Crippen molar-refractivity contribution < 1.29 is 24.2 Å². The van der Waals surface area contributed by atoms with Crippen LogP contribution in [-0.4, -0.2) is 42.8 Å². The van der Waals surface area contributed by atoms with E-state index in [1.165, 1.54) is 7.11 Å². The van der Waals surface area contributed by atoms with Gasteiger partial charge in [-0.05, 0) is 19.8 Å². The van der Waals surface area contributed by atoms with Crippen molar-refractivity contribution in [2.45, 2.75) is 32.2 Å². The molecule has 0 saturated carbocycles. The van der Waals surface area contributed by atoms with Crippen molar-refractivity contribution in [2.24, 2.45) is 0 Å². The van der Waals surface area contributed by atoms with Crippen LogP contribution in [0.15, 0.2) is 0 Å². The van der Waals surface area contributed by atoms with Gasteiger partial charge in [-0.3, -0.25) is 9.59 Å². The Balaban J connectivity index is 3.65. The first-order chi connectivity index (χ1) is 7.95. The average molecular weight is 246 g/mol. The van der Waals surface area contributed by atoms with Gasteiger partial charge in [0.2, 0.25) is 0 Å². The molecule has 17 heavy (non-hydrogen) atoms. The first-order valence-corrected chi connectivity index (χ1v) is 5.28. The molecule has 3 N–H and O–H groups in total. The Bertz CT molecular complexity index is 280. The van der Waals surface area contributed by atoms with Crippen LogP contribution in [0.2, 0.25) is 0 Å². The van der Waals surface area contributed by atoms with E-state index in [2.05, 4.69) is 15.4 Å². The zero-order valence-corrected chi connectivity index (χ0v) is 9.99. The fourth-order valence-corrected chi connectivity index (χ4v) is 1.13. The maximum Gasteiger partial charge on any atom is 0.325 e. The minimum atomic E-state index is -0.854. The van der Waals surface area contributed by atoms with Crippen molar-refractivity contribution in [3.05, 3.63) is 0 Å². The number of carbonyl (C=O) groups excluding carboxylic acids is 2. The van der Waals surface area contributed by atoms with Gasteiger partial charge in [-0.2, -0.15) is 0 Å². The lowest BCUT2D eigenvalue weighted by molar-refractivity contribution is -0.139. The van der Waals surface area contributed by atoms with Crippen molar-refractivity contribution >= 4 is 18.0 Å². The second kappa shape index (κ2) is 8.37. The van der Waals surface area contributed by atoms with Crippen molar-refractivity contribution in [1.29, 1.82) is 0 Å². The van der Waals surface area contributed by atoms with Gasteiger partial charge in [0, 0.05) is 12.5 Å². The van der Waals surface area contributed by atoms with Crippen molar-refractivity contribution in [3.63, 3.8) is 0 Å². The van der Waals surface area contributed by atoms with Gasteiger partial charge in [0.15, 0.2) is 0 Å². The lowest BCUT2D eigenvalue weighted by Crippen LogP contribution is -2.42. The molecule has 0 aromatic heterocycles. The molecule has 0 aliphatic heterocycles. The molecule has 0 radical (unpaired) electrons. The number of hydrogen-bond acceptors (Lipinski definition) is 4. The van der Waals surface area contributed by atoms with Gasteiger partial charge in [-0.1, -0.05) is 0 Å². The second-order valence-electron chi connectivity index (χ2n) is 3.59. The van der Waals surface area contributed by atoms with E-state index in [0.29, 0.717) is 12.8 Å². The molecule has 2 amide bonds. The second-order valence-corrected chi connectivity index (χ2v) is 3.59. The number of ether oxygens (including phenoxy) is 1. The Morgan fingerprint density at radius 2 is 2.00 bits per heavy atom. The summed E-state index contributed by atoms with van der Waals surface area (Å²) in [4.78, 5) is 32.2. The smallest absolute Gasteiger partial charge is 0.325 e. The molecule has 0 bridgehead atoms. The quantitative estimate of drug-likeness (QED) is 0.553. The Morgan fingerprint density at radius 1 is 1.35 bits per heavy atom. The predicted octanol–water partition coefficient (Wildman–Crippen LogP) is 0.102. The summed E-state index contributed by atoms with van der Waals surface area (Å²) in [5.41, 5.74) is 0. The van der Waals surface area contributed by atoms with Crippen LogP contribution in [0.3, 0.4) is 0 Å². The molecule has 0 saturated heterocycles. The number of carboxylic acids is 1. The van der Waals surface area contributed by atoms with Crippen LogP contribution in [-0.2, 0) is 14.3 Å². The van der Waals surface area contributed by atoms with Crippen LogP contribution in [0.25, 0.3) is 0 Å². The van der Waals surface area contributed by atoms with Crippen LogP contribution in [0.5, 0.6) is 0 Å². The van der Waals surface area contributed by atoms with E-state index in [4.69, 9.17) is 5.11 Å². The van der Waals surface area contributed by atoms with Crippen LogP contribution >= 0.6 is 0 Å². The van der Waals surface area contributed by atoms with Crippen LogP contribution in [0.4, 0.5) is 4.79 Å². The van der Waals surface area contributed by atoms with Gasteiger partial charge in [-0.15, -0.1) is 0 Å². The molecule has 7 heteroatoms. The summed E-state index contributed by atoms with van der Waals surface area (Å²) in [6, 6.07) is -0.620. The van der Waals surface area contributed by atoms with E-state index in [0.717, 1.165) is 0 Å². The highest BCUT2D eigenvalue weighted by Gasteiger charge is 2.09. The molecule has 0 aliphatic rings. The largest absolute Gasteiger partial charge is 0.481 e. The number of carboxylic acid groups (broad SMARTS) is 1. The molecule has 0 heterocycles. The number of hydrogen-bond donors (Lipinski definition) is 3. The van der Waals surface area contributed by atoms with Gasteiger partial charge in [0.05, 0.1) is 7.11 Å². The lowest BCUT2D eigenvalue weighted by atomic mass is 10.1. The molecular formula is C10H18N2O5. The monoisotopic (exact) mass is 246 g/mol. The summed E-state index contributed by atoms with van der Waals surface area (Å²) in [7, 11) is 1.23. The first-order valence-electron chi connectivity index (χ1n) is 5.28. The summed E-state index contributed by atoms with van der Waals surface area (Å²) in [6.45, 7) is 1.57. The minimum Gasteiger partial charge on any atom is -0.481 e. The highest BCUT2D eigenvalue weighted by molar-refractivity contribution is 5.80. The zero-order chi connectivity index (χ0) is 13.3. The number of methoxy groups -OCH3 is 1. The SMILES string of the molecule is COC(=O)CNC(=O)NC(C)CCCC(=O)O. The van der Waals surface area contributed by atoms with Crippen LogP contribution in [0.1, 0.15) is 26.2 Å². The number of rotatable bonds is 7. The number of esters is 1. The van der Waals surface area contributed by atoms with E-state index in [1.54, 1.807) is 6.92 Å². The number of aliphatic carboxylic acids is 1. The summed E-state index contributed by atoms with van der Waals surface area (Å²) in [5, 5.41) is 13.3. The molecule has 1 unspecified atom stereocenters. The fourth-order valence-electron chi connectivity index (χ4n) is 1.13. The maximum absolute atomic E-state index is 11.2. The highest BCUT2D eigenvalue weighted by Crippen LogP contribution is 2.00. The third-order valence-electron chi connectivity index (χ3n) is 2.03. The van der Waals surface area contributed by atoms with Crippen LogP contribution in [0, 0.1) is 0 Å². The average Bonchev–Trinajstić information content (AvgIpc) is 2.25. The van der Waals surface area contributed by atoms with Crippen molar-refractivity contribution in [1.82, 2.24) is 10.6 Å². The number of urea groups is 1. The number of nitrogens with one attached hydrogen (secondary N) is 2. The van der Waals surface area contributed by atoms with Crippen LogP contribution < -0.4 is 10.6 Å². The molecule has 0 aromatic carbocycles. The van der Waals surface area contributed by atoms with E-state index in [-0.39, 0.29) is 19.0 Å². The third kappa shape index (κ3) is 9.16. The van der Waals surface area contributed by atoms with Crippen molar-refractivity contribution in [2.75, 3.05) is 13.7 Å². The zero-order valence-electron chi connectivity index (χ0n) is 9.99. The molecule has 0 aliphatic carbocycles. The molecule has 1 atom stereocenters. The maximum atomic E-state index is 11.2. The lowest BCUT2D eigenvalue weighted by Gasteiger charge is -2.13. The Labute approximate surface area is 99.5 Å². The third-order valence-corrected chi connectivity index (χ3v) is 2.03. The van der Waals surface area contributed by atoms with Gasteiger partial charge in [-0.25, -0.2) is 4.79 Å². The van der Waals surface area contributed by atoms with Gasteiger partial charge in [0.1, 0.15) is 6.54 Å². The van der Waals surface area contributed by atoms with Crippen molar-refractivity contribution in [3.8, 4) is 0 Å². The molecule has 7 nitrogen and oxygen atoms in total. The number of amides is 2. The van der Waals surface area contributed by atoms with Gasteiger partial charge < -0.3 is 20.5 Å². The van der Waals surface area contributed by atoms with E-state index >= 15 is 0 Å². The molecule has 0 aromatic rings. The standard InChI is InChI=1S/C10H18N2O5/c1-7(4-3-5-8(13)14)12-10(16)11-6-9(15)17-2/h7H,3-6H2,1-2H3,(H,13,14)(H2,11,12,16). The molecule has 0 spiro atoms. The number of carbonyl (C=O) groups is 3. The van der Waals surface area contributed by atoms with E-state index in [1.807, 2.05) is 0 Å². The fraction of sp³-hybridized carbons (Fsp3) is 0.700. The summed E-state index contributed by atoms with van der Waals surface area (Å²) in [5.74, 6) is -1.38. The van der Waals surface area contributed by atoms with Gasteiger partial charge >= 0.3 is 18.0 Å². The first kappa shape index (κ1) is 15.2. The Morgan fingerprint density at radius 3 is 2.53 bits per heavy atom. The molecular weight excluding hydrogens is 228 g/mol. The minimum absolute atomic E-state index is 0.0792. The predicted molar refractivity (Wildman–Crippen MR) is 59.5 cm³/mol.